The molecule has 17 heavy (non-hydrogen) atoms. The van der Waals surface area contributed by atoms with Gasteiger partial charge in [-0.3, -0.25) is 4.90 Å². The molecule has 1 aliphatic carbocycles. The largest absolute Gasteiger partial charge is 0.330 e. The minimum atomic E-state index is 0.809. The van der Waals surface area contributed by atoms with Crippen molar-refractivity contribution in [2.45, 2.75) is 31.8 Å². The van der Waals surface area contributed by atoms with Crippen LogP contribution in [0.2, 0.25) is 0 Å². The highest BCUT2D eigenvalue weighted by atomic mass is 15.2. The Morgan fingerprint density at radius 2 is 2.06 bits per heavy atom. The van der Waals surface area contributed by atoms with E-state index in [0.29, 0.717) is 0 Å². The molecule has 0 bridgehead atoms. The molecule has 3 atom stereocenters. The summed E-state index contributed by atoms with van der Waals surface area (Å²) in [5.74, 6) is 1.71. The Kier molecular flexibility index (Phi) is 3.17. The quantitative estimate of drug-likeness (QED) is 0.859. The fourth-order valence-electron chi connectivity index (χ4n) is 3.36. The summed E-state index contributed by atoms with van der Waals surface area (Å²) in [7, 11) is 0. The van der Waals surface area contributed by atoms with Gasteiger partial charge in [0, 0.05) is 12.6 Å². The molecule has 2 heteroatoms. The molecule has 0 aromatic heterocycles. The Morgan fingerprint density at radius 3 is 2.76 bits per heavy atom. The molecule has 1 aromatic rings. The molecule has 1 saturated heterocycles. The van der Waals surface area contributed by atoms with Crippen LogP contribution in [0.4, 0.5) is 0 Å². The van der Waals surface area contributed by atoms with Crippen LogP contribution in [-0.2, 0) is 6.54 Å². The fraction of sp³-hybridized carbons (Fsp3) is 0.600. The van der Waals surface area contributed by atoms with Gasteiger partial charge in [0.25, 0.3) is 0 Å². The lowest BCUT2D eigenvalue weighted by atomic mass is 10.1. The molecule has 1 unspecified atom stereocenters. The minimum Gasteiger partial charge on any atom is -0.330 e. The first kappa shape index (κ1) is 11.2. The third-order valence-electron chi connectivity index (χ3n) is 4.42. The van der Waals surface area contributed by atoms with Gasteiger partial charge in [-0.15, -0.1) is 0 Å². The molecule has 2 nitrogen and oxygen atoms in total. The van der Waals surface area contributed by atoms with Crippen molar-refractivity contribution in [1.82, 2.24) is 4.90 Å². The maximum atomic E-state index is 5.77. The van der Waals surface area contributed by atoms with E-state index >= 15 is 0 Å². The number of hydrogen-bond donors (Lipinski definition) is 1. The molecule has 1 heterocycles. The Morgan fingerprint density at radius 1 is 1.24 bits per heavy atom. The van der Waals surface area contributed by atoms with Crippen molar-refractivity contribution in [1.29, 1.82) is 0 Å². The molecule has 2 aliphatic rings. The minimum absolute atomic E-state index is 0.809. The highest BCUT2D eigenvalue weighted by molar-refractivity contribution is 5.15. The molecule has 2 N–H and O–H groups in total. The first-order valence-electron chi connectivity index (χ1n) is 6.86. The molecule has 1 aliphatic heterocycles. The van der Waals surface area contributed by atoms with Gasteiger partial charge in [0.2, 0.25) is 0 Å². The molecule has 1 saturated carbocycles. The van der Waals surface area contributed by atoms with Gasteiger partial charge in [-0.1, -0.05) is 30.3 Å². The fourth-order valence-corrected chi connectivity index (χ4v) is 3.36. The van der Waals surface area contributed by atoms with E-state index in [4.69, 9.17) is 5.73 Å². The van der Waals surface area contributed by atoms with E-state index in [1.807, 2.05) is 0 Å². The van der Waals surface area contributed by atoms with Crippen molar-refractivity contribution in [3.8, 4) is 0 Å². The smallest absolute Gasteiger partial charge is 0.0236 e. The zero-order valence-corrected chi connectivity index (χ0v) is 10.4. The SMILES string of the molecule is NC[C@@H]1C[C@H]1C1CCCN1Cc1ccccc1. The van der Waals surface area contributed by atoms with Crippen LogP contribution in [-0.4, -0.2) is 24.0 Å². The molecule has 0 spiro atoms. The molecular weight excluding hydrogens is 208 g/mol. The Balaban J connectivity index is 1.63. The molecular formula is C15H22N2. The predicted molar refractivity (Wildman–Crippen MR) is 70.5 cm³/mol. The number of nitrogens with two attached hydrogens (primary N) is 1. The Labute approximate surface area is 104 Å². The second kappa shape index (κ2) is 4.79. The lowest BCUT2D eigenvalue weighted by Gasteiger charge is -2.24. The Bertz CT molecular complexity index is 362. The highest BCUT2D eigenvalue weighted by Gasteiger charge is 2.45. The van der Waals surface area contributed by atoms with E-state index in [1.54, 1.807) is 0 Å². The van der Waals surface area contributed by atoms with Crippen LogP contribution in [0.5, 0.6) is 0 Å². The van der Waals surface area contributed by atoms with E-state index in [1.165, 1.54) is 31.4 Å². The number of nitrogens with zero attached hydrogens (tertiary/aromatic N) is 1. The second-order valence-electron chi connectivity index (χ2n) is 5.56. The highest BCUT2D eigenvalue weighted by Crippen LogP contribution is 2.45. The summed E-state index contributed by atoms with van der Waals surface area (Å²) < 4.78 is 0. The van der Waals surface area contributed by atoms with E-state index in [9.17, 15) is 0 Å². The van der Waals surface area contributed by atoms with Crippen molar-refractivity contribution in [3.63, 3.8) is 0 Å². The van der Waals surface area contributed by atoms with E-state index in [-0.39, 0.29) is 0 Å². The van der Waals surface area contributed by atoms with E-state index in [0.717, 1.165) is 31.0 Å². The maximum Gasteiger partial charge on any atom is 0.0236 e. The van der Waals surface area contributed by atoms with E-state index < -0.39 is 0 Å². The molecule has 3 rings (SSSR count). The van der Waals surface area contributed by atoms with Crippen LogP contribution < -0.4 is 5.73 Å². The Hall–Kier alpha value is -0.860. The molecule has 1 aromatic carbocycles. The van der Waals surface area contributed by atoms with Crippen molar-refractivity contribution >= 4 is 0 Å². The first-order chi connectivity index (χ1) is 8.38. The maximum absolute atomic E-state index is 5.77. The lowest BCUT2D eigenvalue weighted by molar-refractivity contribution is 0.217. The average molecular weight is 230 g/mol. The summed E-state index contributed by atoms with van der Waals surface area (Å²) in [6.45, 7) is 3.28. The van der Waals surface area contributed by atoms with Crippen LogP contribution in [0, 0.1) is 11.8 Å². The van der Waals surface area contributed by atoms with Crippen molar-refractivity contribution in [2.24, 2.45) is 17.6 Å². The summed E-state index contributed by atoms with van der Waals surface area (Å²) in [5, 5.41) is 0. The number of benzene rings is 1. The summed E-state index contributed by atoms with van der Waals surface area (Å²) in [6, 6.07) is 11.7. The third-order valence-corrected chi connectivity index (χ3v) is 4.42. The molecule has 2 fully saturated rings. The van der Waals surface area contributed by atoms with Crippen molar-refractivity contribution < 1.29 is 0 Å². The van der Waals surface area contributed by atoms with E-state index in [2.05, 4.69) is 35.2 Å². The first-order valence-corrected chi connectivity index (χ1v) is 6.86. The van der Waals surface area contributed by atoms with Gasteiger partial charge in [0.05, 0.1) is 0 Å². The number of rotatable bonds is 4. The van der Waals surface area contributed by atoms with Crippen LogP contribution in [0.1, 0.15) is 24.8 Å². The topological polar surface area (TPSA) is 29.3 Å². The van der Waals surface area contributed by atoms with Crippen LogP contribution in [0.3, 0.4) is 0 Å². The van der Waals surface area contributed by atoms with Gasteiger partial charge in [-0.25, -0.2) is 0 Å². The zero-order valence-electron chi connectivity index (χ0n) is 10.4. The zero-order chi connectivity index (χ0) is 11.7. The van der Waals surface area contributed by atoms with Crippen LogP contribution >= 0.6 is 0 Å². The summed E-state index contributed by atoms with van der Waals surface area (Å²) in [5.41, 5.74) is 7.22. The standard InChI is InChI=1S/C15H22N2/c16-10-13-9-14(13)15-7-4-8-17(15)11-12-5-2-1-3-6-12/h1-3,5-6,13-15H,4,7-11,16H2/t13-,14+,15?/m0/s1. The molecule has 0 amide bonds. The molecule has 92 valence electrons. The van der Waals surface area contributed by atoms with Gasteiger partial charge < -0.3 is 5.73 Å². The summed E-state index contributed by atoms with van der Waals surface area (Å²) >= 11 is 0. The summed E-state index contributed by atoms with van der Waals surface area (Å²) in [4.78, 5) is 2.68. The van der Waals surface area contributed by atoms with Gasteiger partial charge in [0.1, 0.15) is 0 Å². The van der Waals surface area contributed by atoms with Gasteiger partial charge in [-0.05, 0) is 49.8 Å². The summed E-state index contributed by atoms with van der Waals surface area (Å²) in [6.07, 6.45) is 4.12. The predicted octanol–water partition coefficient (Wildman–Crippen LogP) is 2.25. The number of likely N-dealkylation sites (tertiary alicyclic amines) is 1. The van der Waals surface area contributed by atoms with Gasteiger partial charge >= 0.3 is 0 Å². The molecule has 0 radical (unpaired) electrons. The average Bonchev–Trinajstić information content (AvgIpc) is 3.02. The van der Waals surface area contributed by atoms with Crippen LogP contribution in [0.15, 0.2) is 30.3 Å². The van der Waals surface area contributed by atoms with Gasteiger partial charge in [-0.2, -0.15) is 0 Å². The normalized spacial score (nSPS) is 32.9. The third kappa shape index (κ3) is 2.38. The second-order valence-corrected chi connectivity index (χ2v) is 5.56. The number of hydrogen-bond acceptors (Lipinski definition) is 2. The lowest BCUT2D eigenvalue weighted by Crippen LogP contribution is -2.31. The monoisotopic (exact) mass is 230 g/mol. The van der Waals surface area contributed by atoms with Crippen LogP contribution in [0.25, 0.3) is 0 Å². The van der Waals surface area contributed by atoms with Crippen molar-refractivity contribution in [2.75, 3.05) is 13.1 Å². The van der Waals surface area contributed by atoms with Gasteiger partial charge in [0.15, 0.2) is 0 Å². The van der Waals surface area contributed by atoms with Crippen molar-refractivity contribution in [3.05, 3.63) is 35.9 Å².